The summed E-state index contributed by atoms with van der Waals surface area (Å²) in [5.74, 6) is -2.26. The van der Waals surface area contributed by atoms with Gasteiger partial charge in [-0.25, -0.2) is 0 Å². The summed E-state index contributed by atoms with van der Waals surface area (Å²) in [7, 11) is 0. The average molecular weight is 356 g/mol. The molecule has 0 N–H and O–H groups in total. The van der Waals surface area contributed by atoms with Gasteiger partial charge in [0.05, 0.1) is 0 Å². The van der Waals surface area contributed by atoms with Crippen molar-refractivity contribution in [2.75, 3.05) is 0 Å². The Morgan fingerprint density at radius 2 is 1.80 bits per heavy atom. The van der Waals surface area contributed by atoms with Crippen molar-refractivity contribution in [2.24, 2.45) is 17.8 Å². The first-order chi connectivity index (χ1) is 11.8. The molecule has 4 nitrogen and oxygen atoms in total. The van der Waals surface area contributed by atoms with Crippen LogP contribution in [0.5, 0.6) is 5.75 Å². The van der Waals surface area contributed by atoms with Crippen molar-refractivity contribution in [1.82, 2.24) is 0 Å². The summed E-state index contributed by atoms with van der Waals surface area (Å²) in [6.07, 6.45) is -2.50. The largest absolute Gasteiger partial charge is 0.575 e. The van der Waals surface area contributed by atoms with Gasteiger partial charge in [-0.2, -0.15) is 0 Å². The van der Waals surface area contributed by atoms with Crippen LogP contribution < -0.4 is 4.74 Å². The fraction of sp³-hybridized carbons (Fsp3) is 0.444. The van der Waals surface area contributed by atoms with Gasteiger partial charge in [-0.15, -0.1) is 13.2 Å². The Hall–Kier alpha value is -2.05. The molecule has 1 aromatic rings. The third-order valence-corrected chi connectivity index (χ3v) is 4.28. The van der Waals surface area contributed by atoms with E-state index in [0.29, 0.717) is 18.6 Å². The molecular formula is C18H19F3O4. The molecular weight excluding hydrogens is 337 g/mol. The number of hydrogen-bond acceptors (Lipinski definition) is 4. The summed E-state index contributed by atoms with van der Waals surface area (Å²) in [5, 5.41) is 0. The fourth-order valence-electron chi connectivity index (χ4n) is 3.15. The van der Waals surface area contributed by atoms with E-state index in [2.05, 4.69) is 11.7 Å². The summed E-state index contributed by atoms with van der Waals surface area (Å²) < 4.78 is 45.2. The van der Waals surface area contributed by atoms with Crippen LogP contribution >= 0.6 is 0 Å². The number of carbonyl (C=O) groups is 2. The van der Waals surface area contributed by atoms with E-state index >= 15 is 0 Å². The van der Waals surface area contributed by atoms with E-state index in [1.54, 1.807) is 30.3 Å². The third kappa shape index (κ3) is 6.07. The van der Waals surface area contributed by atoms with E-state index in [0.717, 1.165) is 0 Å². The maximum atomic E-state index is 12.2. The second kappa shape index (κ2) is 8.36. The minimum atomic E-state index is -5.00. The van der Waals surface area contributed by atoms with Crippen LogP contribution in [0.3, 0.4) is 0 Å². The smallest absolute Gasteiger partial charge is 0.427 e. The van der Waals surface area contributed by atoms with E-state index < -0.39 is 30.6 Å². The number of esters is 2. The van der Waals surface area contributed by atoms with Gasteiger partial charge >= 0.3 is 18.3 Å². The Labute approximate surface area is 144 Å². The molecule has 1 saturated carbocycles. The highest BCUT2D eigenvalue weighted by Gasteiger charge is 2.41. The molecule has 7 heteroatoms. The summed E-state index contributed by atoms with van der Waals surface area (Å²) in [5.41, 5.74) is 0. The highest BCUT2D eigenvalue weighted by molar-refractivity contribution is 5.73. The van der Waals surface area contributed by atoms with Gasteiger partial charge in [0.15, 0.2) is 0 Å². The van der Waals surface area contributed by atoms with Crippen molar-refractivity contribution in [3.8, 4) is 5.75 Å². The molecule has 1 aliphatic rings. The third-order valence-electron chi connectivity index (χ3n) is 4.28. The lowest BCUT2D eigenvalue weighted by Crippen LogP contribution is -2.26. The van der Waals surface area contributed by atoms with E-state index in [4.69, 9.17) is 4.74 Å². The van der Waals surface area contributed by atoms with Gasteiger partial charge in [0, 0.05) is 12.8 Å². The van der Waals surface area contributed by atoms with Crippen LogP contribution in [0.2, 0.25) is 0 Å². The predicted octanol–water partition coefficient (Wildman–Crippen LogP) is 4.12. The maximum absolute atomic E-state index is 12.2. The van der Waals surface area contributed by atoms with Gasteiger partial charge in [0.25, 0.3) is 0 Å². The molecule has 0 heterocycles. The molecule has 1 aromatic carbocycles. The highest BCUT2D eigenvalue weighted by Crippen LogP contribution is 2.42. The molecule has 1 aliphatic carbocycles. The molecule has 0 spiro atoms. The average Bonchev–Trinajstić information content (AvgIpc) is 2.88. The first-order valence-electron chi connectivity index (χ1n) is 7.95. The van der Waals surface area contributed by atoms with Gasteiger partial charge in [-0.3, -0.25) is 9.59 Å². The minimum Gasteiger partial charge on any atom is -0.427 e. The molecule has 0 aromatic heterocycles. The van der Waals surface area contributed by atoms with E-state index in [9.17, 15) is 22.8 Å². The monoisotopic (exact) mass is 356 g/mol. The first kappa shape index (κ1) is 19.3. The molecule has 0 saturated heterocycles. The lowest BCUT2D eigenvalue weighted by atomic mass is 9.83. The van der Waals surface area contributed by atoms with Gasteiger partial charge in [0.2, 0.25) is 0 Å². The van der Waals surface area contributed by atoms with Crippen molar-refractivity contribution < 1.29 is 32.2 Å². The Balaban J connectivity index is 1.95. The lowest BCUT2D eigenvalue weighted by Gasteiger charge is -2.23. The zero-order valence-electron chi connectivity index (χ0n) is 13.5. The van der Waals surface area contributed by atoms with Crippen LogP contribution in [0, 0.1) is 31.1 Å². The summed E-state index contributed by atoms with van der Waals surface area (Å²) in [6.45, 7) is 3.77. The van der Waals surface area contributed by atoms with Gasteiger partial charge < -0.3 is 9.47 Å². The molecule has 0 bridgehead atoms. The van der Waals surface area contributed by atoms with Crippen LogP contribution in [-0.2, 0) is 14.3 Å². The molecule has 0 amide bonds. The van der Waals surface area contributed by atoms with Crippen LogP contribution in [0.1, 0.15) is 25.7 Å². The first-order valence-corrected chi connectivity index (χ1v) is 7.95. The zero-order chi connectivity index (χ0) is 18.4. The zero-order valence-corrected chi connectivity index (χ0v) is 13.5. The quantitative estimate of drug-likeness (QED) is 0.568. The van der Waals surface area contributed by atoms with Crippen LogP contribution in [0.15, 0.2) is 30.3 Å². The number of hydrogen-bond donors (Lipinski definition) is 0. The van der Waals surface area contributed by atoms with Crippen molar-refractivity contribution >= 4 is 11.9 Å². The standard InChI is InChI=1S/C18H19F3O4/c1-2-12-8-9-13(15(12)11-17(23)25-18(19,20)21)10-16(22)24-14-6-4-3-5-7-14/h3-7,9,12-13,15H,1-2,8,10-11H2. The number of alkyl halides is 3. The van der Waals surface area contributed by atoms with E-state index in [1.165, 1.54) is 0 Å². The van der Waals surface area contributed by atoms with Crippen molar-refractivity contribution in [1.29, 1.82) is 0 Å². The van der Waals surface area contributed by atoms with Crippen LogP contribution in [0.25, 0.3) is 0 Å². The molecule has 3 atom stereocenters. The lowest BCUT2D eigenvalue weighted by molar-refractivity contribution is -0.306. The van der Waals surface area contributed by atoms with Crippen molar-refractivity contribution in [3.63, 3.8) is 0 Å². The SMILES string of the molecule is [CH2]CC1C[CH]C(CC(=O)Oc2ccccc2)C1CC(=O)OC(F)(F)F. The fourth-order valence-corrected chi connectivity index (χ4v) is 3.15. The Kier molecular flexibility index (Phi) is 6.45. The Morgan fingerprint density at radius 3 is 2.40 bits per heavy atom. The summed E-state index contributed by atoms with van der Waals surface area (Å²) >= 11 is 0. The second-order valence-corrected chi connectivity index (χ2v) is 5.96. The molecule has 1 fully saturated rings. The number of carbonyl (C=O) groups excluding carboxylic acids is 2. The molecule has 136 valence electrons. The Morgan fingerprint density at radius 1 is 1.12 bits per heavy atom. The van der Waals surface area contributed by atoms with Crippen molar-refractivity contribution in [3.05, 3.63) is 43.7 Å². The highest BCUT2D eigenvalue weighted by atomic mass is 19.4. The second-order valence-electron chi connectivity index (χ2n) is 5.96. The number of halogens is 3. The van der Waals surface area contributed by atoms with Crippen LogP contribution in [-0.4, -0.2) is 18.3 Å². The molecule has 2 rings (SSSR count). The normalized spacial score (nSPS) is 23.3. The molecule has 25 heavy (non-hydrogen) atoms. The number of para-hydroxylation sites is 1. The van der Waals surface area contributed by atoms with Gasteiger partial charge in [-0.05, 0) is 42.7 Å². The maximum Gasteiger partial charge on any atom is 0.575 e. The van der Waals surface area contributed by atoms with Crippen LogP contribution in [0.4, 0.5) is 13.2 Å². The molecule has 0 aliphatic heterocycles. The summed E-state index contributed by atoms with van der Waals surface area (Å²) in [4.78, 5) is 23.6. The number of benzene rings is 1. The number of ether oxygens (including phenoxy) is 2. The summed E-state index contributed by atoms with van der Waals surface area (Å²) in [6, 6.07) is 8.49. The Bertz CT molecular complexity index is 586. The van der Waals surface area contributed by atoms with Gasteiger partial charge in [0.1, 0.15) is 5.75 Å². The predicted molar refractivity (Wildman–Crippen MR) is 82.8 cm³/mol. The van der Waals surface area contributed by atoms with E-state index in [-0.39, 0.29) is 18.3 Å². The minimum absolute atomic E-state index is 0.00460. The molecule has 3 unspecified atom stereocenters. The van der Waals surface area contributed by atoms with Gasteiger partial charge in [-0.1, -0.05) is 31.5 Å². The molecule has 2 radical (unpaired) electrons. The topological polar surface area (TPSA) is 52.6 Å². The number of rotatable bonds is 6. The van der Waals surface area contributed by atoms with E-state index in [1.807, 2.05) is 6.42 Å². The van der Waals surface area contributed by atoms with Crippen molar-refractivity contribution in [2.45, 2.75) is 32.0 Å².